The minimum Gasteiger partial charge on any atom is -0.481 e. The van der Waals surface area contributed by atoms with E-state index in [-0.39, 0.29) is 18.5 Å². The van der Waals surface area contributed by atoms with Gasteiger partial charge in [0.2, 0.25) is 0 Å². The van der Waals surface area contributed by atoms with Gasteiger partial charge >= 0.3 is 18.0 Å². The van der Waals surface area contributed by atoms with Gasteiger partial charge in [-0.25, -0.2) is 9.59 Å². The zero-order valence-electron chi connectivity index (χ0n) is 8.40. The average molecular weight is 228 g/mol. The number of rotatable bonds is 4. The molecular weight excluding hydrogens is 216 g/mol. The van der Waals surface area contributed by atoms with Crippen LogP contribution in [0.5, 0.6) is 0 Å². The van der Waals surface area contributed by atoms with Gasteiger partial charge < -0.3 is 26.0 Å². The normalized spacial score (nSPS) is 27.1. The first-order valence-electron chi connectivity index (χ1n) is 4.94. The molecule has 2 saturated heterocycles. The average Bonchev–Trinajstić information content (AvgIpc) is 2.64. The lowest BCUT2D eigenvalue weighted by molar-refractivity contribution is -0.137. The Hall–Kier alpha value is -1.99. The number of nitrogens with zero attached hydrogens (tertiary/aromatic N) is 1. The van der Waals surface area contributed by atoms with Gasteiger partial charge in [0.05, 0.1) is 0 Å². The van der Waals surface area contributed by atoms with Crippen LogP contribution in [-0.2, 0) is 4.79 Å². The number of carboxylic acids is 1. The number of nitrogens with one attached hydrogen (secondary N) is 3. The molecule has 0 unspecified atom stereocenters. The van der Waals surface area contributed by atoms with Gasteiger partial charge in [-0.2, -0.15) is 0 Å². The summed E-state index contributed by atoms with van der Waals surface area (Å²) in [5, 5.41) is 16.2. The first kappa shape index (κ1) is 10.5. The molecule has 4 N–H and O–H groups in total. The second-order valence-corrected chi connectivity index (χ2v) is 3.68. The van der Waals surface area contributed by atoms with Gasteiger partial charge in [0, 0.05) is 13.0 Å². The van der Waals surface area contributed by atoms with Crippen LogP contribution >= 0.6 is 0 Å². The molecule has 0 aliphatic carbocycles. The SMILES string of the molecule is O=C(O)CCCN1C(=O)N[C@H]2NC(=O)N[C@@H]21. The molecule has 2 aliphatic heterocycles. The maximum absolute atomic E-state index is 11.4. The number of hydrogen-bond acceptors (Lipinski definition) is 3. The highest BCUT2D eigenvalue weighted by Crippen LogP contribution is 2.14. The Labute approximate surface area is 91.0 Å². The Bertz CT molecular complexity index is 345. The predicted molar refractivity (Wildman–Crippen MR) is 51.4 cm³/mol. The van der Waals surface area contributed by atoms with Crippen molar-refractivity contribution in [1.29, 1.82) is 0 Å². The molecule has 2 heterocycles. The van der Waals surface area contributed by atoms with Crippen LogP contribution in [0.4, 0.5) is 9.59 Å². The van der Waals surface area contributed by atoms with Crippen LogP contribution in [0.25, 0.3) is 0 Å². The van der Waals surface area contributed by atoms with Crippen molar-refractivity contribution in [3.05, 3.63) is 0 Å². The van der Waals surface area contributed by atoms with Crippen LogP contribution in [0.2, 0.25) is 0 Å². The Morgan fingerprint density at radius 3 is 2.75 bits per heavy atom. The summed E-state index contributed by atoms with van der Waals surface area (Å²) in [4.78, 5) is 34.2. The van der Waals surface area contributed by atoms with E-state index in [0.29, 0.717) is 13.0 Å². The molecule has 2 atom stereocenters. The minimum absolute atomic E-state index is 0.00252. The van der Waals surface area contributed by atoms with Gasteiger partial charge in [0.15, 0.2) is 0 Å². The van der Waals surface area contributed by atoms with E-state index in [1.165, 1.54) is 4.90 Å². The van der Waals surface area contributed by atoms with E-state index in [2.05, 4.69) is 16.0 Å². The zero-order chi connectivity index (χ0) is 11.7. The lowest BCUT2D eigenvalue weighted by Gasteiger charge is -2.20. The summed E-state index contributed by atoms with van der Waals surface area (Å²) >= 11 is 0. The van der Waals surface area contributed by atoms with E-state index < -0.39 is 18.3 Å². The van der Waals surface area contributed by atoms with E-state index >= 15 is 0 Å². The molecule has 8 nitrogen and oxygen atoms in total. The number of aliphatic carboxylic acids is 1. The Balaban J connectivity index is 1.90. The van der Waals surface area contributed by atoms with Crippen LogP contribution in [0.3, 0.4) is 0 Å². The summed E-state index contributed by atoms with van der Waals surface area (Å²) in [5.41, 5.74) is 0. The summed E-state index contributed by atoms with van der Waals surface area (Å²) in [5.74, 6) is -0.898. The van der Waals surface area contributed by atoms with Gasteiger partial charge in [0.25, 0.3) is 0 Å². The smallest absolute Gasteiger partial charge is 0.320 e. The van der Waals surface area contributed by atoms with Crippen molar-refractivity contribution in [3.8, 4) is 0 Å². The van der Waals surface area contributed by atoms with Gasteiger partial charge in [0.1, 0.15) is 12.3 Å². The highest BCUT2D eigenvalue weighted by molar-refractivity contribution is 5.84. The molecule has 0 bridgehead atoms. The number of carbonyl (C=O) groups excluding carboxylic acids is 2. The van der Waals surface area contributed by atoms with Gasteiger partial charge in [-0.1, -0.05) is 0 Å². The van der Waals surface area contributed by atoms with Crippen molar-refractivity contribution in [3.63, 3.8) is 0 Å². The van der Waals surface area contributed by atoms with Crippen molar-refractivity contribution in [2.75, 3.05) is 6.54 Å². The van der Waals surface area contributed by atoms with Gasteiger partial charge in [-0.05, 0) is 6.42 Å². The second-order valence-electron chi connectivity index (χ2n) is 3.68. The minimum atomic E-state index is -0.898. The molecule has 8 heteroatoms. The van der Waals surface area contributed by atoms with Crippen molar-refractivity contribution < 1.29 is 19.5 Å². The third-order valence-electron chi connectivity index (χ3n) is 2.55. The molecule has 0 aromatic carbocycles. The number of hydrogen-bond donors (Lipinski definition) is 4. The van der Waals surface area contributed by atoms with Crippen molar-refractivity contribution in [1.82, 2.24) is 20.9 Å². The highest BCUT2D eigenvalue weighted by Gasteiger charge is 2.44. The molecule has 0 spiro atoms. The number of fused-ring (bicyclic) bond motifs is 1. The summed E-state index contributed by atoms with van der Waals surface area (Å²) < 4.78 is 0. The molecule has 2 aliphatic rings. The number of amides is 4. The summed E-state index contributed by atoms with van der Waals surface area (Å²) in [6.07, 6.45) is -0.483. The molecule has 0 radical (unpaired) electrons. The van der Waals surface area contributed by atoms with E-state index in [0.717, 1.165) is 0 Å². The molecule has 0 aromatic rings. The van der Waals surface area contributed by atoms with Gasteiger partial charge in [-0.3, -0.25) is 4.79 Å². The summed E-state index contributed by atoms with van der Waals surface area (Å²) in [7, 11) is 0. The van der Waals surface area contributed by atoms with Crippen molar-refractivity contribution >= 4 is 18.0 Å². The lowest BCUT2D eigenvalue weighted by Crippen LogP contribution is -2.43. The first-order valence-corrected chi connectivity index (χ1v) is 4.94. The zero-order valence-corrected chi connectivity index (χ0v) is 8.40. The third kappa shape index (κ3) is 1.86. The van der Waals surface area contributed by atoms with Crippen LogP contribution in [0, 0.1) is 0 Å². The number of carboxylic acid groups (broad SMARTS) is 1. The second kappa shape index (κ2) is 3.87. The largest absolute Gasteiger partial charge is 0.481 e. The monoisotopic (exact) mass is 228 g/mol. The fourth-order valence-corrected chi connectivity index (χ4v) is 1.84. The predicted octanol–water partition coefficient (Wildman–Crippen LogP) is -1.16. The number of urea groups is 2. The molecule has 88 valence electrons. The Morgan fingerprint density at radius 2 is 2.06 bits per heavy atom. The Morgan fingerprint density at radius 1 is 1.31 bits per heavy atom. The molecule has 4 amide bonds. The topological polar surface area (TPSA) is 111 Å². The molecule has 16 heavy (non-hydrogen) atoms. The molecule has 0 saturated carbocycles. The van der Waals surface area contributed by atoms with E-state index in [4.69, 9.17) is 5.11 Å². The number of carbonyl (C=O) groups is 3. The van der Waals surface area contributed by atoms with Crippen molar-refractivity contribution in [2.45, 2.75) is 25.2 Å². The van der Waals surface area contributed by atoms with E-state index in [9.17, 15) is 14.4 Å². The van der Waals surface area contributed by atoms with Crippen molar-refractivity contribution in [2.24, 2.45) is 0 Å². The maximum atomic E-state index is 11.4. The van der Waals surface area contributed by atoms with Crippen LogP contribution in [-0.4, -0.2) is 46.9 Å². The van der Waals surface area contributed by atoms with Crippen LogP contribution in [0.15, 0.2) is 0 Å². The van der Waals surface area contributed by atoms with E-state index in [1.807, 2.05) is 0 Å². The first-order chi connectivity index (χ1) is 7.58. The Kier molecular flexibility index (Phi) is 2.55. The summed E-state index contributed by atoms with van der Waals surface area (Å²) in [6.45, 7) is 0.307. The molecule has 2 rings (SSSR count). The standard InChI is InChI=1S/C8H12N4O4/c13-4(14)2-1-3-12-6-5(10-8(12)16)9-7(15)11-6/h5-6H,1-3H2,(H,10,16)(H,13,14)(H2,9,11,15)/t5-,6-/m1/s1. The molecule has 2 fully saturated rings. The fraction of sp³-hybridized carbons (Fsp3) is 0.625. The summed E-state index contributed by atoms with van der Waals surface area (Å²) in [6, 6.07) is -0.633. The lowest BCUT2D eigenvalue weighted by atomic mass is 10.3. The molecular formula is C8H12N4O4. The van der Waals surface area contributed by atoms with Gasteiger partial charge in [-0.15, -0.1) is 0 Å². The molecule has 0 aromatic heterocycles. The highest BCUT2D eigenvalue weighted by atomic mass is 16.4. The fourth-order valence-electron chi connectivity index (χ4n) is 1.84. The quantitative estimate of drug-likeness (QED) is 0.486. The maximum Gasteiger partial charge on any atom is 0.320 e. The van der Waals surface area contributed by atoms with E-state index in [1.54, 1.807) is 0 Å². The third-order valence-corrected chi connectivity index (χ3v) is 2.55. The van der Waals surface area contributed by atoms with Crippen LogP contribution < -0.4 is 16.0 Å². The van der Waals surface area contributed by atoms with Crippen LogP contribution in [0.1, 0.15) is 12.8 Å².